The van der Waals surface area contributed by atoms with Crippen LogP contribution in [0.2, 0.25) is 5.02 Å². The van der Waals surface area contributed by atoms with Crippen LogP contribution in [0.1, 0.15) is 5.69 Å². The Morgan fingerprint density at radius 3 is 2.61 bits per heavy atom. The van der Waals surface area contributed by atoms with Crippen molar-refractivity contribution < 1.29 is 4.79 Å². The Morgan fingerprint density at radius 2 is 1.93 bits per heavy atom. The van der Waals surface area contributed by atoms with Crippen LogP contribution in [0.15, 0.2) is 41.7 Å². The maximum absolute atomic E-state index is 13.3. The molecule has 0 aliphatic rings. The van der Waals surface area contributed by atoms with Crippen molar-refractivity contribution in [3.05, 3.63) is 58.0 Å². The lowest BCUT2D eigenvalue weighted by molar-refractivity contribution is -0.128. The zero-order valence-corrected chi connectivity index (χ0v) is 16.3. The first-order chi connectivity index (χ1) is 13.4. The number of benzene rings is 1. The number of hydrogen-bond acceptors (Lipinski definition) is 5. The van der Waals surface area contributed by atoms with Gasteiger partial charge in [-0.25, -0.2) is 9.97 Å². The molecule has 0 radical (unpaired) electrons. The van der Waals surface area contributed by atoms with E-state index in [1.807, 2.05) is 6.07 Å². The third-order valence-corrected chi connectivity index (χ3v) is 4.91. The molecule has 1 aromatic carbocycles. The van der Waals surface area contributed by atoms with E-state index in [9.17, 15) is 9.59 Å². The second-order valence-corrected chi connectivity index (χ2v) is 7.11. The molecular formula is C19H17ClN6O2. The van der Waals surface area contributed by atoms with Crippen molar-refractivity contribution in [3.8, 4) is 5.69 Å². The van der Waals surface area contributed by atoms with Gasteiger partial charge in [0.15, 0.2) is 0 Å². The highest BCUT2D eigenvalue weighted by atomic mass is 35.5. The van der Waals surface area contributed by atoms with Gasteiger partial charge in [0.25, 0.3) is 5.56 Å². The van der Waals surface area contributed by atoms with E-state index in [2.05, 4.69) is 15.1 Å². The number of rotatable bonds is 3. The van der Waals surface area contributed by atoms with Gasteiger partial charge in [-0.05, 0) is 12.1 Å². The quantitative estimate of drug-likeness (QED) is 0.528. The van der Waals surface area contributed by atoms with Gasteiger partial charge in [-0.15, -0.1) is 0 Å². The topological polar surface area (TPSA) is 85.9 Å². The summed E-state index contributed by atoms with van der Waals surface area (Å²) in [5, 5.41) is 6.55. The van der Waals surface area contributed by atoms with Crippen LogP contribution in [0.4, 0.5) is 0 Å². The van der Waals surface area contributed by atoms with Gasteiger partial charge < -0.3 is 9.47 Å². The molecule has 0 saturated heterocycles. The van der Waals surface area contributed by atoms with Crippen molar-refractivity contribution in [1.29, 1.82) is 0 Å². The molecule has 28 heavy (non-hydrogen) atoms. The molecule has 0 aliphatic heterocycles. The Balaban J connectivity index is 2.13. The van der Waals surface area contributed by atoms with Gasteiger partial charge in [-0.2, -0.15) is 9.78 Å². The first kappa shape index (κ1) is 18.1. The molecule has 3 aromatic heterocycles. The van der Waals surface area contributed by atoms with E-state index in [-0.39, 0.29) is 17.9 Å². The third kappa shape index (κ3) is 2.82. The minimum atomic E-state index is -0.319. The Labute approximate surface area is 165 Å². The molecule has 0 bridgehead atoms. The maximum atomic E-state index is 13.3. The van der Waals surface area contributed by atoms with Crippen LogP contribution >= 0.6 is 11.6 Å². The molecule has 0 N–H and O–H groups in total. The van der Waals surface area contributed by atoms with Crippen molar-refractivity contribution >= 4 is 39.3 Å². The summed E-state index contributed by atoms with van der Waals surface area (Å²) in [6.07, 6.45) is 4.44. The molecule has 1 amide bonds. The summed E-state index contributed by atoms with van der Waals surface area (Å²) in [5.74, 6) is -0.116. The zero-order chi connectivity index (χ0) is 20.0. The monoisotopic (exact) mass is 396 g/mol. The minimum Gasteiger partial charge on any atom is -0.348 e. The summed E-state index contributed by atoms with van der Waals surface area (Å²) in [7, 11) is 5.17. The van der Waals surface area contributed by atoms with Crippen LogP contribution in [-0.2, 0) is 18.3 Å². The third-order valence-electron chi connectivity index (χ3n) is 4.68. The summed E-state index contributed by atoms with van der Waals surface area (Å²) < 4.78 is 3.02. The molecule has 0 aliphatic carbocycles. The van der Waals surface area contributed by atoms with E-state index >= 15 is 0 Å². The number of halogens is 1. The number of nitrogens with zero attached hydrogens (tertiary/aromatic N) is 6. The smallest absolute Gasteiger partial charge is 0.296 e. The molecule has 3 heterocycles. The van der Waals surface area contributed by atoms with Gasteiger partial charge in [-0.3, -0.25) is 9.59 Å². The summed E-state index contributed by atoms with van der Waals surface area (Å²) >= 11 is 6.16. The fourth-order valence-electron chi connectivity index (χ4n) is 3.27. The molecule has 9 heteroatoms. The summed E-state index contributed by atoms with van der Waals surface area (Å²) in [6, 6.07) is 5.40. The van der Waals surface area contributed by atoms with E-state index < -0.39 is 0 Å². The van der Waals surface area contributed by atoms with Crippen LogP contribution in [-0.4, -0.2) is 49.2 Å². The number of carbonyl (C=O) groups excluding carboxylic acids is 1. The number of aryl methyl sites for hydroxylation is 1. The Bertz CT molecular complexity index is 1280. The number of amides is 1. The van der Waals surface area contributed by atoms with E-state index in [0.29, 0.717) is 27.3 Å². The maximum Gasteiger partial charge on any atom is 0.296 e. The molecule has 0 fully saturated rings. The first-order valence-corrected chi connectivity index (χ1v) is 8.91. The fourth-order valence-corrected chi connectivity index (χ4v) is 3.44. The molecule has 0 unspecified atom stereocenters. The van der Waals surface area contributed by atoms with Gasteiger partial charge >= 0.3 is 0 Å². The van der Waals surface area contributed by atoms with E-state index in [1.165, 1.54) is 28.3 Å². The molecule has 0 atom stereocenters. The van der Waals surface area contributed by atoms with Gasteiger partial charge in [0, 0.05) is 36.9 Å². The number of fused-ring (bicyclic) bond motifs is 3. The van der Waals surface area contributed by atoms with Gasteiger partial charge in [-0.1, -0.05) is 17.7 Å². The molecule has 142 valence electrons. The van der Waals surface area contributed by atoms with Crippen LogP contribution in [0, 0.1) is 0 Å². The zero-order valence-electron chi connectivity index (χ0n) is 15.5. The van der Waals surface area contributed by atoms with Crippen LogP contribution < -0.4 is 5.56 Å². The number of likely N-dealkylation sites (N-methyl/N-ethyl adjacent to an activating group) is 1. The minimum absolute atomic E-state index is 0.0548. The van der Waals surface area contributed by atoms with E-state index in [4.69, 9.17) is 11.6 Å². The second kappa shape index (κ2) is 6.72. The molecule has 0 saturated carbocycles. The lowest BCUT2D eigenvalue weighted by Crippen LogP contribution is -2.28. The highest BCUT2D eigenvalue weighted by Crippen LogP contribution is 2.30. The van der Waals surface area contributed by atoms with Crippen molar-refractivity contribution in [2.24, 2.45) is 7.05 Å². The first-order valence-electron chi connectivity index (χ1n) is 8.54. The van der Waals surface area contributed by atoms with Crippen molar-refractivity contribution in [2.45, 2.75) is 6.42 Å². The van der Waals surface area contributed by atoms with E-state index in [1.54, 1.807) is 37.8 Å². The molecular weight excluding hydrogens is 380 g/mol. The van der Waals surface area contributed by atoms with E-state index in [0.717, 1.165) is 10.9 Å². The fraction of sp³-hybridized carbons (Fsp3) is 0.211. The highest BCUT2D eigenvalue weighted by molar-refractivity contribution is 6.31. The van der Waals surface area contributed by atoms with Crippen molar-refractivity contribution in [1.82, 2.24) is 29.2 Å². The van der Waals surface area contributed by atoms with Crippen LogP contribution in [0.3, 0.4) is 0 Å². The number of aromatic nitrogens is 5. The largest absolute Gasteiger partial charge is 0.348 e. The highest BCUT2D eigenvalue weighted by Gasteiger charge is 2.21. The SMILES string of the molecule is CN(C)C(=O)Cc1nn(-c2cncnc2)c(=O)c2c1c1ccc(Cl)cc1n2C. The van der Waals surface area contributed by atoms with Crippen LogP contribution in [0.5, 0.6) is 0 Å². The summed E-state index contributed by atoms with van der Waals surface area (Å²) in [4.78, 5) is 35.1. The van der Waals surface area contributed by atoms with Crippen molar-refractivity contribution in [2.75, 3.05) is 14.1 Å². The predicted octanol–water partition coefficient (Wildman–Crippen LogP) is 1.95. The van der Waals surface area contributed by atoms with Gasteiger partial charge in [0.1, 0.15) is 17.5 Å². The van der Waals surface area contributed by atoms with Crippen LogP contribution in [0.25, 0.3) is 27.5 Å². The summed E-state index contributed by atoms with van der Waals surface area (Å²) in [6.45, 7) is 0. The standard InChI is InChI=1S/C19H17ClN6O2/c1-24(2)16(27)7-14-17-13-5-4-11(20)6-15(13)25(3)18(17)19(28)26(23-14)12-8-21-10-22-9-12/h4-6,8-10H,7H2,1-3H3. The normalized spacial score (nSPS) is 11.3. The predicted molar refractivity (Wildman–Crippen MR) is 107 cm³/mol. The number of hydrogen-bond donors (Lipinski definition) is 0. The molecule has 4 rings (SSSR count). The Kier molecular flexibility index (Phi) is 4.35. The Hall–Kier alpha value is -3.26. The lowest BCUT2D eigenvalue weighted by atomic mass is 10.1. The molecule has 4 aromatic rings. The van der Waals surface area contributed by atoms with Gasteiger partial charge in [0.2, 0.25) is 5.91 Å². The Morgan fingerprint density at radius 1 is 1.21 bits per heavy atom. The lowest BCUT2D eigenvalue weighted by Gasteiger charge is -2.12. The second-order valence-electron chi connectivity index (χ2n) is 6.67. The number of carbonyl (C=O) groups is 1. The van der Waals surface area contributed by atoms with Gasteiger partial charge in [0.05, 0.1) is 30.0 Å². The molecule has 8 nitrogen and oxygen atoms in total. The average molecular weight is 397 g/mol. The van der Waals surface area contributed by atoms with Crippen molar-refractivity contribution in [3.63, 3.8) is 0 Å². The average Bonchev–Trinajstić information content (AvgIpc) is 2.97. The molecule has 0 spiro atoms. The summed E-state index contributed by atoms with van der Waals surface area (Å²) in [5.41, 5.74) is 1.85.